The Bertz CT molecular complexity index is 672. The molecule has 0 saturated heterocycles. The van der Waals surface area contributed by atoms with Crippen LogP contribution in [0.5, 0.6) is 5.75 Å². The lowest BCUT2D eigenvalue weighted by atomic mass is 10.1. The summed E-state index contributed by atoms with van der Waals surface area (Å²) in [6, 6.07) is 8.44. The minimum atomic E-state index is -4.34. The fourth-order valence-electron chi connectivity index (χ4n) is 2.03. The second-order valence-electron chi connectivity index (χ2n) is 4.76. The van der Waals surface area contributed by atoms with Gasteiger partial charge in [-0.2, -0.15) is 13.2 Å². The maximum atomic E-state index is 12.6. The van der Waals surface area contributed by atoms with Gasteiger partial charge in [0.1, 0.15) is 11.4 Å². The van der Waals surface area contributed by atoms with E-state index in [-0.39, 0.29) is 5.75 Å². The Morgan fingerprint density at radius 1 is 1.13 bits per heavy atom. The molecule has 0 aliphatic rings. The number of phenolic OH excluding ortho intramolecular Hbond substituents is 1. The third-order valence-electron chi connectivity index (χ3n) is 3.17. The van der Waals surface area contributed by atoms with Gasteiger partial charge in [-0.1, -0.05) is 18.7 Å². The van der Waals surface area contributed by atoms with E-state index >= 15 is 0 Å². The van der Waals surface area contributed by atoms with Crippen LogP contribution in [0.1, 0.15) is 18.1 Å². The fraction of sp³-hybridized carbons (Fsp3) is 0.250. The maximum absolute atomic E-state index is 12.6. The van der Waals surface area contributed by atoms with Crippen molar-refractivity contribution in [1.82, 2.24) is 0 Å². The standard InChI is InChI=1S/C16H16F3NO2S/c1-3-10-8-13(9-14(15(10)21)20-22-2)23-12-6-4-11(5-7-12)16(17,18)19/h4-9,20-21H,3H2,1-2H3. The quantitative estimate of drug-likeness (QED) is 0.585. The summed E-state index contributed by atoms with van der Waals surface area (Å²) in [7, 11) is 1.43. The normalized spacial score (nSPS) is 11.5. The number of alkyl halides is 3. The first-order valence-corrected chi connectivity index (χ1v) is 7.66. The van der Waals surface area contributed by atoms with Crippen molar-refractivity contribution in [3.05, 3.63) is 47.5 Å². The van der Waals surface area contributed by atoms with Crippen molar-refractivity contribution in [3.8, 4) is 5.75 Å². The molecular formula is C16H16F3NO2S. The van der Waals surface area contributed by atoms with Crippen molar-refractivity contribution in [1.29, 1.82) is 0 Å². The summed E-state index contributed by atoms with van der Waals surface area (Å²) in [5, 5.41) is 10.1. The lowest BCUT2D eigenvalue weighted by molar-refractivity contribution is -0.137. The lowest BCUT2D eigenvalue weighted by Gasteiger charge is -2.13. The van der Waals surface area contributed by atoms with Crippen molar-refractivity contribution in [3.63, 3.8) is 0 Å². The zero-order valence-corrected chi connectivity index (χ0v) is 13.4. The number of benzene rings is 2. The third-order valence-corrected chi connectivity index (χ3v) is 4.15. The number of aromatic hydroxyl groups is 1. The highest BCUT2D eigenvalue weighted by Gasteiger charge is 2.29. The summed E-state index contributed by atoms with van der Waals surface area (Å²) in [5.74, 6) is 0.103. The molecule has 0 saturated carbocycles. The van der Waals surface area contributed by atoms with Crippen LogP contribution in [0.2, 0.25) is 0 Å². The van der Waals surface area contributed by atoms with E-state index in [1.54, 1.807) is 12.1 Å². The molecule has 0 aliphatic heterocycles. The van der Waals surface area contributed by atoms with Crippen molar-refractivity contribution < 1.29 is 23.1 Å². The van der Waals surface area contributed by atoms with Gasteiger partial charge in [-0.3, -0.25) is 10.3 Å². The summed E-state index contributed by atoms with van der Waals surface area (Å²) in [6.45, 7) is 1.90. The Hall–Kier alpha value is -1.86. The van der Waals surface area contributed by atoms with Crippen molar-refractivity contribution in [2.45, 2.75) is 29.3 Å². The predicted molar refractivity (Wildman–Crippen MR) is 83.7 cm³/mol. The topological polar surface area (TPSA) is 41.5 Å². The van der Waals surface area contributed by atoms with Gasteiger partial charge in [-0.05, 0) is 48.4 Å². The average molecular weight is 343 g/mol. The van der Waals surface area contributed by atoms with Crippen LogP contribution in [0.25, 0.3) is 0 Å². The van der Waals surface area contributed by atoms with Gasteiger partial charge in [0, 0.05) is 9.79 Å². The van der Waals surface area contributed by atoms with Gasteiger partial charge < -0.3 is 5.11 Å². The van der Waals surface area contributed by atoms with Gasteiger partial charge in [-0.15, -0.1) is 0 Å². The molecule has 0 unspecified atom stereocenters. The summed E-state index contributed by atoms with van der Waals surface area (Å²) in [5.41, 5.74) is 3.06. The molecule has 0 aromatic heterocycles. The smallest absolute Gasteiger partial charge is 0.416 e. The van der Waals surface area contributed by atoms with E-state index < -0.39 is 11.7 Å². The Balaban J connectivity index is 2.27. The fourth-order valence-corrected chi connectivity index (χ4v) is 2.95. The molecule has 2 rings (SSSR count). The largest absolute Gasteiger partial charge is 0.505 e. The van der Waals surface area contributed by atoms with Crippen LogP contribution in [0.15, 0.2) is 46.2 Å². The number of nitrogens with one attached hydrogen (secondary N) is 1. The van der Waals surface area contributed by atoms with E-state index in [0.717, 1.165) is 22.6 Å². The molecule has 124 valence electrons. The molecule has 2 N–H and O–H groups in total. The molecule has 0 spiro atoms. The van der Waals surface area contributed by atoms with E-state index in [2.05, 4.69) is 5.48 Å². The molecule has 3 nitrogen and oxygen atoms in total. The first-order chi connectivity index (χ1) is 10.8. The van der Waals surface area contributed by atoms with Crippen molar-refractivity contribution >= 4 is 17.4 Å². The zero-order chi connectivity index (χ0) is 17.0. The average Bonchev–Trinajstić information content (AvgIpc) is 2.50. The van der Waals surface area contributed by atoms with E-state index in [0.29, 0.717) is 17.0 Å². The Morgan fingerprint density at radius 3 is 2.30 bits per heavy atom. The van der Waals surface area contributed by atoms with Crippen LogP contribution < -0.4 is 5.48 Å². The van der Waals surface area contributed by atoms with E-state index in [4.69, 9.17) is 4.84 Å². The summed E-state index contributed by atoms with van der Waals surface area (Å²) in [4.78, 5) is 6.29. The van der Waals surface area contributed by atoms with E-state index in [9.17, 15) is 18.3 Å². The molecule has 2 aromatic carbocycles. The van der Waals surface area contributed by atoms with Gasteiger partial charge >= 0.3 is 6.18 Å². The number of rotatable bonds is 5. The number of phenols is 1. The Kier molecular flexibility index (Phi) is 5.43. The van der Waals surface area contributed by atoms with Crippen LogP contribution >= 0.6 is 11.8 Å². The Labute approximate surface area is 136 Å². The van der Waals surface area contributed by atoms with Crippen LogP contribution in [-0.2, 0) is 17.4 Å². The van der Waals surface area contributed by atoms with Crippen molar-refractivity contribution in [2.75, 3.05) is 12.6 Å². The lowest BCUT2D eigenvalue weighted by Crippen LogP contribution is -2.03. The third kappa shape index (κ3) is 4.33. The molecule has 0 amide bonds. The molecule has 0 bridgehead atoms. The molecular weight excluding hydrogens is 327 g/mol. The number of anilines is 1. The first kappa shape index (κ1) is 17.5. The van der Waals surface area contributed by atoms with E-state index in [1.165, 1.54) is 31.0 Å². The molecule has 2 aromatic rings. The molecule has 7 heteroatoms. The second-order valence-corrected chi connectivity index (χ2v) is 5.91. The highest BCUT2D eigenvalue weighted by molar-refractivity contribution is 7.99. The van der Waals surface area contributed by atoms with Crippen LogP contribution in [0.3, 0.4) is 0 Å². The predicted octanol–water partition coefficient (Wildman–Crippen LogP) is 5.10. The number of hydrogen-bond donors (Lipinski definition) is 2. The summed E-state index contributed by atoms with van der Waals surface area (Å²) < 4.78 is 37.7. The molecule has 0 heterocycles. The van der Waals surface area contributed by atoms with Crippen LogP contribution in [0, 0.1) is 0 Å². The highest BCUT2D eigenvalue weighted by Crippen LogP contribution is 2.38. The number of halogens is 3. The van der Waals surface area contributed by atoms with Crippen molar-refractivity contribution in [2.24, 2.45) is 0 Å². The molecule has 0 aliphatic carbocycles. The van der Waals surface area contributed by atoms with Gasteiger partial charge in [0.15, 0.2) is 0 Å². The van der Waals surface area contributed by atoms with Crippen LogP contribution in [-0.4, -0.2) is 12.2 Å². The second kappa shape index (κ2) is 7.14. The molecule has 0 atom stereocenters. The molecule has 23 heavy (non-hydrogen) atoms. The molecule has 0 fully saturated rings. The van der Waals surface area contributed by atoms with Gasteiger partial charge in [-0.25, -0.2) is 0 Å². The highest BCUT2D eigenvalue weighted by atomic mass is 32.2. The Morgan fingerprint density at radius 2 is 1.78 bits per heavy atom. The zero-order valence-electron chi connectivity index (χ0n) is 12.6. The van der Waals surface area contributed by atoms with Gasteiger partial charge in [0.05, 0.1) is 12.7 Å². The van der Waals surface area contributed by atoms with E-state index in [1.807, 2.05) is 6.92 Å². The van der Waals surface area contributed by atoms with Gasteiger partial charge in [0.2, 0.25) is 0 Å². The summed E-state index contributed by atoms with van der Waals surface area (Å²) in [6.07, 6.45) is -3.72. The number of aryl methyl sites for hydroxylation is 1. The minimum Gasteiger partial charge on any atom is -0.505 e. The first-order valence-electron chi connectivity index (χ1n) is 6.85. The van der Waals surface area contributed by atoms with Crippen LogP contribution in [0.4, 0.5) is 18.9 Å². The minimum absolute atomic E-state index is 0.103. The SMILES string of the molecule is CCc1cc(Sc2ccc(C(F)(F)F)cc2)cc(NOC)c1O. The molecule has 0 radical (unpaired) electrons. The maximum Gasteiger partial charge on any atom is 0.416 e. The van der Waals surface area contributed by atoms with Gasteiger partial charge in [0.25, 0.3) is 0 Å². The summed E-state index contributed by atoms with van der Waals surface area (Å²) >= 11 is 1.31. The number of hydrogen-bond acceptors (Lipinski definition) is 4. The monoisotopic (exact) mass is 343 g/mol.